The maximum Gasteiger partial charge on any atom is 0.133 e. The molecular formula is C16H20N2O. The minimum absolute atomic E-state index is 0.478. The Morgan fingerprint density at radius 3 is 2.53 bits per heavy atom. The molecule has 0 fully saturated rings. The third-order valence-corrected chi connectivity index (χ3v) is 3.31. The summed E-state index contributed by atoms with van der Waals surface area (Å²) in [6, 6.07) is 10.1. The average molecular weight is 256 g/mol. The van der Waals surface area contributed by atoms with E-state index in [2.05, 4.69) is 37.0 Å². The van der Waals surface area contributed by atoms with Crippen LogP contribution in [0.5, 0.6) is 0 Å². The zero-order valence-electron chi connectivity index (χ0n) is 11.9. The maximum absolute atomic E-state index is 9.65. The molecule has 0 saturated carbocycles. The standard InChI is InChI=1S/C16H20N2O/c1-11-5-6-15(12(2)9-11)18(4)16-10-14(13(3)19)7-8-17-16/h5-10,13,19H,1-4H3. The van der Waals surface area contributed by atoms with E-state index in [-0.39, 0.29) is 0 Å². The fraction of sp³-hybridized carbons (Fsp3) is 0.312. The van der Waals surface area contributed by atoms with Gasteiger partial charge in [0.15, 0.2) is 0 Å². The van der Waals surface area contributed by atoms with E-state index < -0.39 is 6.10 Å². The molecule has 0 radical (unpaired) electrons. The Bertz CT molecular complexity index is 579. The van der Waals surface area contributed by atoms with Gasteiger partial charge in [-0.15, -0.1) is 0 Å². The first-order valence-corrected chi connectivity index (χ1v) is 6.44. The molecule has 1 unspecified atom stereocenters. The number of benzene rings is 1. The second kappa shape index (κ2) is 5.41. The number of aliphatic hydroxyl groups is 1. The predicted molar refractivity (Wildman–Crippen MR) is 78.8 cm³/mol. The molecule has 0 amide bonds. The molecule has 3 nitrogen and oxygen atoms in total. The van der Waals surface area contributed by atoms with Crippen LogP contribution in [0, 0.1) is 13.8 Å². The number of rotatable bonds is 3. The van der Waals surface area contributed by atoms with Crippen molar-refractivity contribution in [2.75, 3.05) is 11.9 Å². The lowest BCUT2D eigenvalue weighted by Crippen LogP contribution is -2.13. The third-order valence-electron chi connectivity index (χ3n) is 3.31. The van der Waals surface area contributed by atoms with Gasteiger partial charge < -0.3 is 10.0 Å². The summed E-state index contributed by atoms with van der Waals surface area (Å²) in [6.45, 7) is 5.94. The van der Waals surface area contributed by atoms with Crippen LogP contribution in [0.25, 0.3) is 0 Å². The number of aryl methyl sites for hydroxylation is 2. The molecule has 0 bridgehead atoms. The number of pyridine rings is 1. The predicted octanol–water partition coefficient (Wildman–Crippen LogP) is 3.52. The zero-order chi connectivity index (χ0) is 14.0. The van der Waals surface area contributed by atoms with Crippen molar-refractivity contribution in [3.8, 4) is 0 Å². The van der Waals surface area contributed by atoms with Crippen LogP contribution in [0.2, 0.25) is 0 Å². The van der Waals surface area contributed by atoms with E-state index in [1.807, 2.05) is 24.1 Å². The van der Waals surface area contributed by atoms with Gasteiger partial charge in [-0.2, -0.15) is 0 Å². The maximum atomic E-state index is 9.65. The van der Waals surface area contributed by atoms with Gasteiger partial charge in [0.2, 0.25) is 0 Å². The normalized spacial score (nSPS) is 12.3. The van der Waals surface area contributed by atoms with E-state index in [4.69, 9.17) is 0 Å². The van der Waals surface area contributed by atoms with Gasteiger partial charge in [-0.3, -0.25) is 0 Å². The second-order valence-corrected chi connectivity index (χ2v) is 4.97. The van der Waals surface area contributed by atoms with E-state index in [0.717, 1.165) is 17.1 Å². The van der Waals surface area contributed by atoms with Gasteiger partial charge in [0, 0.05) is 18.9 Å². The Kier molecular flexibility index (Phi) is 3.86. The summed E-state index contributed by atoms with van der Waals surface area (Å²) in [5.74, 6) is 0.838. The summed E-state index contributed by atoms with van der Waals surface area (Å²) in [7, 11) is 1.99. The Balaban J connectivity index is 2.38. The summed E-state index contributed by atoms with van der Waals surface area (Å²) in [6.07, 6.45) is 1.26. The molecule has 1 atom stereocenters. The molecule has 1 aromatic heterocycles. The van der Waals surface area contributed by atoms with Gasteiger partial charge in [-0.25, -0.2) is 4.98 Å². The van der Waals surface area contributed by atoms with Crippen LogP contribution >= 0.6 is 0 Å². The van der Waals surface area contributed by atoms with Crippen LogP contribution in [-0.4, -0.2) is 17.1 Å². The summed E-state index contributed by atoms with van der Waals surface area (Å²) in [5, 5.41) is 9.65. The molecule has 100 valence electrons. The fourth-order valence-electron chi connectivity index (χ4n) is 2.18. The van der Waals surface area contributed by atoms with Crippen molar-refractivity contribution in [2.45, 2.75) is 26.9 Å². The van der Waals surface area contributed by atoms with E-state index in [0.29, 0.717) is 0 Å². The molecule has 1 N–H and O–H groups in total. The molecule has 0 saturated heterocycles. The summed E-state index contributed by atoms with van der Waals surface area (Å²) in [4.78, 5) is 6.42. The Hall–Kier alpha value is -1.87. The molecule has 0 aliphatic rings. The molecule has 3 heteroatoms. The monoisotopic (exact) mass is 256 g/mol. The van der Waals surface area contributed by atoms with Gasteiger partial charge >= 0.3 is 0 Å². The first-order chi connectivity index (χ1) is 8.99. The highest BCUT2D eigenvalue weighted by atomic mass is 16.3. The zero-order valence-corrected chi connectivity index (χ0v) is 11.9. The average Bonchev–Trinajstić information content (AvgIpc) is 2.38. The lowest BCUT2D eigenvalue weighted by Gasteiger charge is -2.21. The van der Waals surface area contributed by atoms with Gasteiger partial charge in [-0.05, 0) is 50.1 Å². The highest BCUT2D eigenvalue weighted by Crippen LogP contribution is 2.27. The second-order valence-electron chi connectivity index (χ2n) is 4.97. The topological polar surface area (TPSA) is 36.4 Å². The van der Waals surface area contributed by atoms with Crippen LogP contribution in [0.4, 0.5) is 11.5 Å². The SMILES string of the molecule is Cc1ccc(N(C)c2cc(C(C)O)ccn2)c(C)c1. The van der Waals surface area contributed by atoms with Crippen molar-refractivity contribution in [1.82, 2.24) is 4.98 Å². The Labute approximate surface area is 114 Å². The van der Waals surface area contributed by atoms with Crippen LogP contribution < -0.4 is 4.90 Å². The fourth-order valence-corrected chi connectivity index (χ4v) is 2.18. The largest absolute Gasteiger partial charge is 0.389 e. The molecule has 2 rings (SSSR count). The van der Waals surface area contributed by atoms with Crippen molar-refractivity contribution < 1.29 is 5.11 Å². The van der Waals surface area contributed by atoms with Gasteiger partial charge in [-0.1, -0.05) is 17.7 Å². The highest BCUT2D eigenvalue weighted by molar-refractivity contribution is 5.63. The minimum Gasteiger partial charge on any atom is -0.389 e. The highest BCUT2D eigenvalue weighted by Gasteiger charge is 2.10. The third kappa shape index (κ3) is 2.93. The molecule has 1 heterocycles. The molecule has 0 spiro atoms. The summed E-state index contributed by atoms with van der Waals surface area (Å²) in [5.41, 5.74) is 4.47. The minimum atomic E-state index is -0.478. The smallest absolute Gasteiger partial charge is 0.133 e. The van der Waals surface area contributed by atoms with E-state index in [1.54, 1.807) is 13.1 Å². The molecule has 2 aromatic rings. The Morgan fingerprint density at radius 1 is 1.16 bits per heavy atom. The van der Waals surface area contributed by atoms with Gasteiger partial charge in [0.05, 0.1) is 6.10 Å². The van der Waals surface area contributed by atoms with Crippen LogP contribution in [0.3, 0.4) is 0 Å². The van der Waals surface area contributed by atoms with E-state index in [1.165, 1.54) is 11.1 Å². The molecule has 19 heavy (non-hydrogen) atoms. The lowest BCUT2D eigenvalue weighted by molar-refractivity contribution is 0.199. The van der Waals surface area contributed by atoms with Crippen molar-refractivity contribution in [1.29, 1.82) is 0 Å². The van der Waals surface area contributed by atoms with Gasteiger partial charge in [0.1, 0.15) is 5.82 Å². The van der Waals surface area contributed by atoms with Crippen molar-refractivity contribution >= 4 is 11.5 Å². The van der Waals surface area contributed by atoms with Gasteiger partial charge in [0.25, 0.3) is 0 Å². The molecular weight excluding hydrogens is 236 g/mol. The van der Waals surface area contributed by atoms with Crippen molar-refractivity contribution in [3.63, 3.8) is 0 Å². The summed E-state index contributed by atoms with van der Waals surface area (Å²) < 4.78 is 0. The number of aromatic nitrogens is 1. The van der Waals surface area contributed by atoms with E-state index >= 15 is 0 Å². The number of hydrogen-bond donors (Lipinski definition) is 1. The summed E-state index contributed by atoms with van der Waals surface area (Å²) >= 11 is 0. The number of nitrogens with zero attached hydrogens (tertiary/aromatic N) is 2. The lowest BCUT2D eigenvalue weighted by atomic mass is 10.1. The quantitative estimate of drug-likeness (QED) is 0.912. The number of aliphatic hydroxyl groups excluding tert-OH is 1. The van der Waals surface area contributed by atoms with E-state index in [9.17, 15) is 5.11 Å². The first-order valence-electron chi connectivity index (χ1n) is 6.44. The van der Waals surface area contributed by atoms with Crippen LogP contribution in [0.15, 0.2) is 36.5 Å². The van der Waals surface area contributed by atoms with Crippen LogP contribution in [0.1, 0.15) is 29.7 Å². The molecule has 0 aliphatic carbocycles. The van der Waals surface area contributed by atoms with Crippen molar-refractivity contribution in [3.05, 3.63) is 53.2 Å². The molecule has 0 aliphatic heterocycles. The molecule has 1 aromatic carbocycles. The number of anilines is 2. The van der Waals surface area contributed by atoms with Crippen molar-refractivity contribution in [2.24, 2.45) is 0 Å². The number of hydrogen-bond acceptors (Lipinski definition) is 3. The van der Waals surface area contributed by atoms with Crippen LogP contribution in [-0.2, 0) is 0 Å². The first kappa shape index (κ1) is 13.6. The Morgan fingerprint density at radius 2 is 1.89 bits per heavy atom.